The Bertz CT molecular complexity index is 151. The van der Waals surface area contributed by atoms with E-state index >= 15 is 0 Å². The maximum absolute atomic E-state index is 11.1. The third-order valence-electron chi connectivity index (χ3n) is 1.75. The van der Waals surface area contributed by atoms with Crippen molar-refractivity contribution in [3.8, 4) is 0 Å². The summed E-state index contributed by atoms with van der Waals surface area (Å²) in [5.74, 6) is -0.194. The van der Waals surface area contributed by atoms with Crippen LogP contribution in [0.5, 0.6) is 0 Å². The van der Waals surface area contributed by atoms with Gasteiger partial charge in [0, 0.05) is 6.54 Å². The number of hydrogen-bond acceptors (Lipinski definition) is 3. The van der Waals surface area contributed by atoms with Gasteiger partial charge < -0.3 is 4.74 Å². The Kier molecular flexibility index (Phi) is 3.15. The van der Waals surface area contributed by atoms with Crippen molar-refractivity contribution in [1.82, 2.24) is 4.42 Å². The van der Waals surface area contributed by atoms with Gasteiger partial charge in [-0.05, 0) is 31.5 Å². The molecule has 11 heavy (non-hydrogen) atoms. The van der Waals surface area contributed by atoms with Crippen LogP contribution in [0.4, 0.5) is 0 Å². The molecule has 0 aromatic rings. The summed E-state index contributed by atoms with van der Waals surface area (Å²) in [6, 6.07) is -0.211. The molecule has 1 rings (SSSR count). The number of rotatable bonds is 2. The summed E-state index contributed by atoms with van der Waals surface area (Å²) in [5.41, 5.74) is 0. The third-order valence-corrected chi connectivity index (χ3v) is 2.15. The first-order valence-corrected chi connectivity index (χ1v) is 4.18. The summed E-state index contributed by atoms with van der Waals surface area (Å²) in [7, 11) is 0. The van der Waals surface area contributed by atoms with Gasteiger partial charge in [0.05, 0.1) is 6.61 Å². The lowest BCUT2D eigenvalue weighted by Gasteiger charge is -2.13. The number of ether oxygens (including phenoxy) is 1. The molecular weight excluding hydrogens is 166 g/mol. The van der Waals surface area contributed by atoms with E-state index in [1.165, 1.54) is 4.42 Å². The highest BCUT2D eigenvalue weighted by atomic mass is 35.5. The highest BCUT2D eigenvalue weighted by Crippen LogP contribution is 2.19. The quantitative estimate of drug-likeness (QED) is 0.469. The van der Waals surface area contributed by atoms with E-state index in [-0.39, 0.29) is 12.0 Å². The molecule has 0 N–H and O–H groups in total. The lowest BCUT2D eigenvalue weighted by molar-refractivity contribution is -0.146. The molecule has 0 unspecified atom stereocenters. The van der Waals surface area contributed by atoms with Crippen LogP contribution in [0.25, 0.3) is 0 Å². The Hall–Kier alpha value is -0.280. The van der Waals surface area contributed by atoms with Gasteiger partial charge in [-0.15, -0.1) is 0 Å². The topological polar surface area (TPSA) is 29.5 Å². The van der Waals surface area contributed by atoms with Crippen LogP contribution in [0.1, 0.15) is 19.8 Å². The molecule has 0 amide bonds. The molecule has 1 fully saturated rings. The number of esters is 1. The predicted octanol–water partition coefficient (Wildman–Crippen LogP) is 1.17. The summed E-state index contributed by atoms with van der Waals surface area (Å²) in [6.45, 7) is 3.01. The van der Waals surface area contributed by atoms with Crippen LogP contribution in [0, 0.1) is 0 Å². The van der Waals surface area contributed by atoms with Crippen molar-refractivity contribution in [2.75, 3.05) is 13.2 Å². The molecule has 0 bridgehead atoms. The van der Waals surface area contributed by atoms with Crippen LogP contribution in [0.2, 0.25) is 0 Å². The van der Waals surface area contributed by atoms with Crippen molar-refractivity contribution in [2.45, 2.75) is 25.8 Å². The molecule has 4 heteroatoms. The standard InChI is InChI=1S/C7H12ClNO2/c1-2-11-7(10)6-4-3-5-9(6)8/h6H,2-5H2,1H3/t6-/m0/s1. The Morgan fingerprint density at radius 3 is 3.00 bits per heavy atom. The fourth-order valence-electron chi connectivity index (χ4n) is 1.20. The Balaban J connectivity index is 2.39. The monoisotopic (exact) mass is 177 g/mol. The van der Waals surface area contributed by atoms with Crippen molar-refractivity contribution in [2.24, 2.45) is 0 Å². The lowest BCUT2D eigenvalue weighted by Crippen LogP contribution is -2.30. The molecule has 0 saturated carbocycles. The maximum atomic E-state index is 11.1. The highest BCUT2D eigenvalue weighted by molar-refractivity contribution is 6.15. The molecule has 1 heterocycles. The fraction of sp³-hybridized carbons (Fsp3) is 0.857. The molecule has 64 valence electrons. The summed E-state index contributed by atoms with van der Waals surface area (Å²) in [4.78, 5) is 11.1. The van der Waals surface area contributed by atoms with Crippen LogP contribution in [-0.4, -0.2) is 29.6 Å². The number of carbonyl (C=O) groups excluding carboxylic acids is 1. The van der Waals surface area contributed by atoms with Crippen LogP contribution in [0.3, 0.4) is 0 Å². The molecular formula is C7H12ClNO2. The van der Waals surface area contributed by atoms with Gasteiger partial charge in [-0.2, -0.15) is 0 Å². The normalized spacial score (nSPS) is 25.5. The molecule has 0 radical (unpaired) electrons. The number of halogens is 1. The predicted molar refractivity (Wildman–Crippen MR) is 42.2 cm³/mol. The molecule has 0 aliphatic carbocycles. The highest BCUT2D eigenvalue weighted by Gasteiger charge is 2.30. The van der Waals surface area contributed by atoms with Crippen LogP contribution in [-0.2, 0) is 9.53 Å². The number of carbonyl (C=O) groups is 1. The van der Waals surface area contributed by atoms with E-state index in [0.717, 1.165) is 19.4 Å². The molecule has 0 aromatic heterocycles. The zero-order chi connectivity index (χ0) is 8.27. The second kappa shape index (κ2) is 3.93. The maximum Gasteiger partial charge on any atom is 0.324 e. The van der Waals surface area contributed by atoms with Gasteiger partial charge >= 0.3 is 5.97 Å². The smallest absolute Gasteiger partial charge is 0.324 e. The Morgan fingerprint density at radius 2 is 2.55 bits per heavy atom. The molecule has 3 nitrogen and oxygen atoms in total. The summed E-state index contributed by atoms with van der Waals surface area (Å²) >= 11 is 5.74. The molecule has 1 aliphatic heterocycles. The third kappa shape index (κ3) is 2.07. The number of hydrogen-bond donors (Lipinski definition) is 0. The van der Waals surface area contributed by atoms with Crippen LogP contribution < -0.4 is 0 Å². The minimum absolute atomic E-state index is 0.194. The van der Waals surface area contributed by atoms with Crippen molar-refractivity contribution in [3.05, 3.63) is 0 Å². The first kappa shape index (κ1) is 8.81. The molecule has 0 aromatic carbocycles. The second-order valence-corrected chi connectivity index (χ2v) is 2.97. The Morgan fingerprint density at radius 1 is 1.82 bits per heavy atom. The van der Waals surface area contributed by atoms with Gasteiger partial charge in [-0.25, -0.2) is 4.42 Å². The van der Waals surface area contributed by atoms with Crippen LogP contribution >= 0.6 is 11.8 Å². The van der Waals surface area contributed by atoms with Crippen molar-refractivity contribution >= 4 is 17.7 Å². The lowest BCUT2D eigenvalue weighted by atomic mass is 10.2. The Labute approximate surface area is 71.4 Å². The van der Waals surface area contributed by atoms with Gasteiger partial charge in [-0.3, -0.25) is 4.79 Å². The minimum atomic E-state index is -0.211. The van der Waals surface area contributed by atoms with E-state index in [2.05, 4.69) is 0 Å². The van der Waals surface area contributed by atoms with Gasteiger partial charge in [0.15, 0.2) is 0 Å². The van der Waals surface area contributed by atoms with Crippen molar-refractivity contribution in [3.63, 3.8) is 0 Å². The van der Waals surface area contributed by atoms with Gasteiger partial charge in [0.1, 0.15) is 6.04 Å². The van der Waals surface area contributed by atoms with Gasteiger partial charge in [0.2, 0.25) is 0 Å². The average Bonchev–Trinajstić information content (AvgIpc) is 2.36. The first-order valence-electron chi connectivity index (χ1n) is 3.84. The van der Waals surface area contributed by atoms with E-state index in [1.54, 1.807) is 6.92 Å². The largest absolute Gasteiger partial charge is 0.465 e. The minimum Gasteiger partial charge on any atom is -0.465 e. The van der Waals surface area contributed by atoms with E-state index < -0.39 is 0 Å². The second-order valence-electron chi connectivity index (χ2n) is 2.53. The SMILES string of the molecule is CCOC(=O)[C@@H]1CCCN1Cl. The molecule has 1 saturated heterocycles. The zero-order valence-electron chi connectivity index (χ0n) is 6.55. The van der Waals surface area contributed by atoms with Crippen molar-refractivity contribution < 1.29 is 9.53 Å². The van der Waals surface area contributed by atoms with E-state index in [9.17, 15) is 4.79 Å². The summed E-state index contributed by atoms with van der Waals surface area (Å²) < 4.78 is 6.36. The fourth-order valence-corrected chi connectivity index (χ4v) is 1.50. The van der Waals surface area contributed by atoms with Crippen molar-refractivity contribution in [1.29, 1.82) is 0 Å². The zero-order valence-corrected chi connectivity index (χ0v) is 7.30. The van der Waals surface area contributed by atoms with Gasteiger partial charge in [0.25, 0.3) is 0 Å². The molecule has 1 aliphatic rings. The summed E-state index contributed by atoms with van der Waals surface area (Å²) in [5, 5.41) is 0. The number of nitrogens with zero attached hydrogens (tertiary/aromatic N) is 1. The van der Waals surface area contributed by atoms with Gasteiger partial charge in [-0.1, -0.05) is 0 Å². The molecule has 0 spiro atoms. The molecule has 1 atom stereocenters. The van der Waals surface area contributed by atoms with Crippen LogP contribution in [0.15, 0.2) is 0 Å². The first-order chi connectivity index (χ1) is 5.25. The van der Waals surface area contributed by atoms with E-state index in [4.69, 9.17) is 16.5 Å². The van der Waals surface area contributed by atoms with E-state index in [0.29, 0.717) is 6.61 Å². The van der Waals surface area contributed by atoms with E-state index in [1.807, 2.05) is 0 Å². The average molecular weight is 178 g/mol. The summed E-state index contributed by atoms with van der Waals surface area (Å²) in [6.07, 6.45) is 1.80.